The molecule has 3 atom stereocenters. The molecule has 0 saturated carbocycles. The van der Waals surface area contributed by atoms with Crippen LogP contribution in [0.4, 0.5) is 0 Å². The smallest absolute Gasteiger partial charge is 0.231 e. The third-order valence-electron chi connectivity index (χ3n) is 6.65. The van der Waals surface area contributed by atoms with E-state index in [1.165, 1.54) is 23.2 Å². The number of rotatable bonds is 4. The van der Waals surface area contributed by atoms with Gasteiger partial charge in [-0.05, 0) is 43.0 Å². The molecule has 3 aliphatic heterocycles. The summed E-state index contributed by atoms with van der Waals surface area (Å²) in [6.45, 7) is 6.83. The number of hydrogen-bond acceptors (Lipinski definition) is 5. The lowest BCUT2D eigenvalue weighted by Gasteiger charge is -2.28. The van der Waals surface area contributed by atoms with Gasteiger partial charge in [-0.25, -0.2) is 0 Å². The first-order valence-corrected chi connectivity index (χ1v) is 10.1. The SMILES string of the molecule is COc1cc2c(cc1CN1C[C@@H]3CN(C)[C@@H](c4ccccc4C)[C@@H]3C1)OCO2. The molecule has 3 aliphatic rings. The molecular weight excluding hydrogens is 352 g/mol. The van der Waals surface area contributed by atoms with Gasteiger partial charge in [0.1, 0.15) is 5.75 Å². The summed E-state index contributed by atoms with van der Waals surface area (Å²) in [5.74, 6) is 3.88. The fraction of sp³-hybridized carbons (Fsp3) is 0.478. The highest BCUT2D eigenvalue weighted by atomic mass is 16.7. The Hall–Kier alpha value is -2.24. The lowest BCUT2D eigenvalue weighted by atomic mass is 9.88. The summed E-state index contributed by atoms with van der Waals surface area (Å²) in [6.07, 6.45) is 0. The molecule has 0 aromatic heterocycles. The number of nitrogens with zero attached hydrogens (tertiary/aromatic N) is 2. The molecular formula is C23H28N2O3. The molecule has 5 nitrogen and oxygen atoms in total. The monoisotopic (exact) mass is 380 g/mol. The molecule has 0 amide bonds. The minimum atomic E-state index is 0.292. The maximum absolute atomic E-state index is 5.63. The van der Waals surface area contributed by atoms with Gasteiger partial charge in [-0.3, -0.25) is 9.80 Å². The molecule has 5 heteroatoms. The molecule has 2 fully saturated rings. The van der Waals surface area contributed by atoms with Gasteiger partial charge < -0.3 is 14.2 Å². The molecule has 2 aromatic carbocycles. The Bertz CT molecular complexity index is 884. The van der Waals surface area contributed by atoms with Gasteiger partial charge >= 0.3 is 0 Å². The van der Waals surface area contributed by atoms with E-state index in [0.29, 0.717) is 18.8 Å². The highest BCUT2D eigenvalue weighted by molar-refractivity contribution is 5.51. The van der Waals surface area contributed by atoms with E-state index in [-0.39, 0.29) is 0 Å². The average Bonchev–Trinajstić information content (AvgIpc) is 3.36. The Balaban J connectivity index is 1.36. The molecule has 2 aromatic rings. The summed E-state index contributed by atoms with van der Waals surface area (Å²) in [5.41, 5.74) is 4.06. The van der Waals surface area contributed by atoms with E-state index in [2.05, 4.69) is 54.1 Å². The predicted octanol–water partition coefficient (Wildman–Crippen LogP) is 3.47. The van der Waals surface area contributed by atoms with Crippen LogP contribution in [0.3, 0.4) is 0 Å². The first-order valence-electron chi connectivity index (χ1n) is 10.1. The fourth-order valence-electron chi connectivity index (χ4n) is 5.39. The molecule has 0 unspecified atom stereocenters. The van der Waals surface area contributed by atoms with Crippen LogP contribution in [0.2, 0.25) is 0 Å². The lowest BCUT2D eigenvalue weighted by molar-refractivity contribution is 0.173. The van der Waals surface area contributed by atoms with Crippen LogP contribution < -0.4 is 14.2 Å². The van der Waals surface area contributed by atoms with Crippen LogP contribution in [0, 0.1) is 18.8 Å². The van der Waals surface area contributed by atoms with Gasteiger partial charge in [0.05, 0.1) is 7.11 Å². The van der Waals surface area contributed by atoms with Gasteiger partial charge in [-0.1, -0.05) is 24.3 Å². The number of ether oxygens (including phenoxy) is 3. The first kappa shape index (κ1) is 17.8. The van der Waals surface area contributed by atoms with Crippen molar-refractivity contribution in [2.75, 3.05) is 40.6 Å². The van der Waals surface area contributed by atoms with Crippen molar-refractivity contribution in [2.24, 2.45) is 11.8 Å². The van der Waals surface area contributed by atoms with Crippen molar-refractivity contribution >= 4 is 0 Å². The molecule has 0 spiro atoms. The molecule has 148 valence electrons. The van der Waals surface area contributed by atoms with E-state index in [9.17, 15) is 0 Å². The Morgan fingerprint density at radius 3 is 2.64 bits per heavy atom. The maximum atomic E-state index is 5.63. The molecule has 3 heterocycles. The normalized spacial score (nSPS) is 26.6. The topological polar surface area (TPSA) is 34.2 Å². The standard InChI is InChI=1S/C23H28N2O3/c1-15-6-4-5-7-18(15)23-19-13-25(12-17(19)10-24(23)2)11-16-8-21-22(28-14-27-21)9-20(16)26-3/h4-9,17,19,23H,10-14H2,1-3H3/t17-,19+,23-/m0/s1. The highest BCUT2D eigenvalue weighted by Crippen LogP contribution is 2.46. The number of likely N-dealkylation sites (tertiary alicyclic amines) is 2. The van der Waals surface area contributed by atoms with Crippen LogP contribution in [0.15, 0.2) is 36.4 Å². The zero-order valence-electron chi connectivity index (χ0n) is 16.9. The summed E-state index contributed by atoms with van der Waals surface area (Å²) in [6, 6.07) is 13.4. The molecule has 0 N–H and O–H groups in total. The Morgan fingerprint density at radius 2 is 1.86 bits per heavy atom. The van der Waals surface area contributed by atoms with E-state index in [1.54, 1.807) is 7.11 Å². The van der Waals surface area contributed by atoms with Gasteiger partial charge in [0.15, 0.2) is 11.5 Å². The van der Waals surface area contributed by atoms with Crippen LogP contribution in [-0.4, -0.2) is 50.4 Å². The number of aryl methyl sites for hydroxylation is 1. The van der Waals surface area contributed by atoms with Crippen molar-refractivity contribution in [3.05, 3.63) is 53.1 Å². The highest BCUT2D eigenvalue weighted by Gasteiger charge is 2.46. The number of fused-ring (bicyclic) bond motifs is 2. The number of methoxy groups -OCH3 is 1. The van der Waals surface area contributed by atoms with E-state index in [0.717, 1.165) is 42.8 Å². The van der Waals surface area contributed by atoms with Crippen LogP contribution in [-0.2, 0) is 6.54 Å². The number of hydrogen-bond donors (Lipinski definition) is 0. The largest absolute Gasteiger partial charge is 0.496 e. The quantitative estimate of drug-likeness (QED) is 0.811. The minimum absolute atomic E-state index is 0.292. The summed E-state index contributed by atoms with van der Waals surface area (Å²) in [5, 5.41) is 0. The Kier molecular flexibility index (Phi) is 4.44. The summed E-state index contributed by atoms with van der Waals surface area (Å²) in [7, 11) is 4.00. The van der Waals surface area contributed by atoms with Gasteiger partial charge in [0.25, 0.3) is 0 Å². The van der Waals surface area contributed by atoms with Crippen LogP contribution in [0.5, 0.6) is 17.2 Å². The van der Waals surface area contributed by atoms with E-state index >= 15 is 0 Å². The van der Waals surface area contributed by atoms with E-state index in [1.807, 2.05) is 6.07 Å². The minimum Gasteiger partial charge on any atom is -0.496 e. The van der Waals surface area contributed by atoms with Gasteiger partial charge in [0, 0.05) is 43.9 Å². The van der Waals surface area contributed by atoms with Gasteiger partial charge in [-0.2, -0.15) is 0 Å². The molecule has 0 bridgehead atoms. The van der Waals surface area contributed by atoms with Crippen LogP contribution >= 0.6 is 0 Å². The average molecular weight is 380 g/mol. The number of benzene rings is 2. The molecule has 5 rings (SSSR count). The summed E-state index contributed by atoms with van der Waals surface area (Å²) in [4.78, 5) is 5.13. The van der Waals surface area contributed by atoms with Gasteiger partial charge in [-0.15, -0.1) is 0 Å². The van der Waals surface area contributed by atoms with Crippen LogP contribution in [0.25, 0.3) is 0 Å². The summed E-state index contributed by atoms with van der Waals surface area (Å²) >= 11 is 0. The zero-order chi connectivity index (χ0) is 19.3. The third kappa shape index (κ3) is 2.93. The Labute approximate surface area is 166 Å². The Morgan fingerprint density at radius 1 is 1.07 bits per heavy atom. The zero-order valence-corrected chi connectivity index (χ0v) is 16.9. The maximum Gasteiger partial charge on any atom is 0.231 e. The molecule has 28 heavy (non-hydrogen) atoms. The van der Waals surface area contributed by atoms with Crippen molar-refractivity contribution in [3.63, 3.8) is 0 Å². The summed E-state index contributed by atoms with van der Waals surface area (Å²) < 4.78 is 16.7. The van der Waals surface area contributed by atoms with Gasteiger partial charge in [0.2, 0.25) is 6.79 Å². The second-order valence-electron chi connectivity index (χ2n) is 8.38. The third-order valence-corrected chi connectivity index (χ3v) is 6.65. The van der Waals surface area contributed by atoms with Crippen molar-refractivity contribution in [1.82, 2.24) is 9.80 Å². The lowest BCUT2D eigenvalue weighted by Crippen LogP contribution is -2.29. The molecule has 0 aliphatic carbocycles. The van der Waals surface area contributed by atoms with E-state index in [4.69, 9.17) is 14.2 Å². The second-order valence-corrected chi connectivity index (χ2v) is 8.38. The van der Waals surface area contributed by atoms with Crippen molar-refractivity contribution in [3.8, 4) is 17.2 Å². The van der Waals surface area contributed by atoms with Crippen molar-refractivity contribution < 1.29 is 14.2 Å². The first-order chi connectivity index (χ1) is 13.6. The second kappa shape index (κ2) is 6.98. The fourth-order valence-corrected chi connectivity index (χ4v) is 5.39. The van der Waals surface area contributed by atoms with Crippen molar-refractivity contribution in [2.45, 2.75) is 19.5 Å². The predicted molar refractivity (Wildman–Crippen MR) is 108 cm³/mol. The molecule has 2 saturated heterocycles. The van der Waals surface area contributed by atoms with Crippen molar-refractivity contribution in [1.29, 1.82) is 0 Å². The molecule has 0 radical (unpaired) electrons. The van der Waals surface area contributed by atoms with E-state index < -0.39 is 0 Å². The van der Waals surface area contributed by atoms with Crippen LogP contribution in [0.1, 0.15) is 22.7 Å².